The van der Waals surface area contributed by atoms with Gasteiger partial charge in [-0.25, -0.2) is 4.79 Å². The highest BCUT2D eigenvalue weighted by molar-refractivity contribution is 6.32. The third-order valence-corrected chi connectivity index (χ3v) is 2.50. The molecule has 6 nitrogen and oxygen atoms in total. The molecule has 0 saturated carbocycles. The van der Waals surface area contributed by atoms with Crippen LogP contribution in [0.4, 0.5) is 0 Å². The Hall–Kier alpha value is -2.21. The maximum atomic E-state index is 11.0. The molecule has 0 spiro atoms. The van der Waals surface area contributed by atoms with Gasteiger partial charge in [-0.1, -0.05) is 11.6 Å². The topological polar surface area (TPSA) is 87.9 Å². The minimum absolute atomic E-state index is 0.211. The molecular weight excluding hydrogens is 286 g/mol. The number of ether oxygens (including phenoxy) is 3. The maximum Gasteiger partial charge on any atom is 0.330 e. The Morgan fingerprint density at radius 2 is 2.05 bits per heavy atom. The fraction of sp³-hybridized carbons (Fsp3) is 0.231. The molecule has 0 radical (unpaired) electrons. The van der Waals surface area contributed by atoms with Crippen molar-refractivity contribution in [1.29, 1.82) is 0 Å². The van der Waals surface area contributed by atoms with E-state index in [-0.39, 0.29) is 17.4 Å². The molecule has 0 aliphatic carbocycles. The Morgan fingerprint density at radius 3 is 2.60 bits per heavy atom. The molecule has 2 N–H and O–H groups in total. The molecule has 0 unspecified atom stereocenters. The zero-order valence-corrected chi connectivity index (χ0v) is 11.8. The van der Waals surface area contributed by atoms with E-state index >= 15 is 0 Å². The number of benzene rings is 1. The lowest BCUT2D eigenvalue weighted by molar-refractivity contribution is -0.134. The highest BCUT2D eigenvalue weighted by Gasteiger charge is 2.12. The molecular formula is C13H14ClNO5. The standard InChI is InChI=1S/C13H14ClNO5/c1-18-10-6-8(3-4-12(17)19-2)5-9(14)13(10)20-7-11(15)16/h3-6H,7H2,1-2H3,(H2,15,16)/b4-3+. The number of hydrogen-bond donors (Lipinski definition) is 1. The number of rotatable bonds is 6. The van der Waals surface area contributed by atoms with Crippen molar-refractivity contribution in [3.05, 3.63) is 28.8 Å². The van der Waals surface area contributed by atoms with Gasteiger partial charge in [-0.3, -0.25) is 4.79 Å². The number of methoxy groups -OCH3 is 2. The maximum absolute atomic E-state index is 11.0. The Kier molecular flexibility index (Phi) is 5.86. The van der Waals surface area contributed by atoms with E-state index in [9.17, 15) is 9.59 Å². The largest absolute Gasteiger partial charge is 0.493 e. The summed E-state index contributed by atoms with van der Waals surface area (Å²) in [5, 5.41) is 0.232. The lowest BCUT2D eigenvalue weighted by Crippen LogP contribution is -2.20. The molecule has 1 rings (SSSR count). The summed E-state index contributed by atoms with van der Waals surface area (Å²) in [4.78, 5) is 21.7. The zero-order chi connectivity index (χ0) is 15.1. The SMILES string of the molecule is COC(=O)/C=C/c1cc(Cl)c(OCC(N)=O)c(OC)c1. The third kappa shape index (κ3) is 4.47. The molecule has 0 fully saturated rings. The number of esters is 1. The van der Waals surface area contributed by atoms with Gasteiger partial charge >= 0.3 is 5.97 Å². The molecule has 0 heterocycles. The molecule has 108 valence electrons. The second-order valence-corrected chi connectivity index (χ2v) is 4.05. The highest BCUT2D eigenvalue weighted by Crippen LogP contribution is 2.36. The van der Waals surface area contributed by atoms with Crippen LogP contribution in [0.3, 0.4) is 0 Å². The number of amides is 1. The van der Waals surface area contributed by atoms with Crippen LogP contribution >= 0.6 is 11.6 Å². The molecule has 1 aromatic rings. The Morgan fingerprint density at radius 1 is 1.35 bits per heavy atom. The van der Waals surface area contributed by atoms with Gasteiger partial charge in [-0.2, -0.15) is 0 Å². The van der Waals surface area contributed by atoms with Crippen molar-refractivity contribution in [3.8, 4) is 11.5 Å². The van der Waals surface area contributed by atoms with Crippen LogP contribution in [0.15, 0.2) is 18.2 Å². The Labute approximate surface area is 121 Å². The number of nitrogens with two attached hydrogens (primary N) is 1. The van der Waals surface area contributed by atoms with Gasteiger partial charge < -0.3 is 19.9 Å². The molecule has 0 aromatic heterocycles. The normalized spacial score (nSPS) is 10.3. The highest BCUT2D eigenvalue weighted by atomic mass is 35.5. The first-order valence-electron chi connectivity index (χ1n) is 5.52. The molecule has 7 heteroatoms. The van der Waals surface area contributed by atoms with Crippen LogP contribution in [0, 0.1) is 0 Å². The first-order valence-corrected chi connectivity index (χ1v) is 5.90. The molecule has 0 atom stereocenters. The first-order chi connectivity index (χ1) is 9.47. The Bertz CT molecular complexity index is 542. The van der Waals surface area contributed by atoms with Gasteiger partial charge in [0.15, 0.2) is 18.1 Å². The van der Waals surface area contributed by atoms with E-state index in [2.05, 4.69) is 4.74 Å². The fourth-order valence-corrected chi connectivity index (χ4v) is 1.63. The van der Waals surface area contributed by atoms with Crippen LogP contribution in [-0.4, -0.2) is 32.7 Å². The summed E-state index contributed by atoms with van der Waals surface area (Å²) in [6.45, 7) is -0.312. The van der Waals surface area contributed by atoms with Gasteiger partial charge in [-0.15, -0.1) is 0 Å². The predicted molar refractivity (Wildman–Crippen MR) is 73.7 cm³/mol. The predicted octanol–water partition coefficient (Wildman–Crippen LogP) is 1.40. The van der Waals surface area contributed by atoms with Crippen LogP contribution in [0.1, 0.15) is 5.56 Å². The van der Waals surface area contributed by atoms with Gasteiger partial charge in [0.05, 0.1) is 19.2 Å². The molecule has 0 saturated heterocycles. The van der Waals surface area contributed by atoms with E-state index < -0.39 is 11.9 Å². The fourth-order valence-electron chi connectivity index (χ4n) is 1.35. The second-order valence-electron chi connectivity index (χ2n) is 3.65. The zero-order valence-electron chi connectivity index (χ0n) is 11.0. The summed E-state index contributed by atoms with van der Waals surface area (Å²) in [7, 11) is 2.71. The van der Waals surface area contributed by atoms with E-state index in [1.807, 2.05) is 0 Å². The van der Waals surface area contributed by atoms with Crippen molar-refractivity contribution >= 4 is 29.6 Å². The van der Waals surface area contributed by atoms with Gasteiger partial charge in [0.1, 0.15) is 0 Å². The van der Waals surface area contributed by atoms with E-state index in [4.69, 9.17) is 26.8 Å². The van der Waals surface area contributed by atoms with Crippen molar-refractivity contribution in [3.63, 3.8) is 0 Å². The van der Waals surface area contributed by atoms with E-state index in [1.165, 1.54) is 26.4 Å². The van der Waals surface area contributed by atoms with Crippen LogP contribution in [0.2, 0.25) is 5.02 Å². The molecule has 1 amide bonds. The minimum atomic E-state index is -0.627. The lowest BCUT2D eigenvalue weighted by atomic mass is 10.2. The summed E-state index contributed by atoms with van der Waals surface area (Å²) in [5.74, 6) is -0.585. The summed E-state index contributed by atoms with van der Waals surface area (Å²) in [5.41, 5.74) is 5.61. The van der Waals surface area contributed by atoms with Gasteiger partial charge in [0.25, 0.3) is 5.91 Å². The van der Waals surface area contributed by atoms with E-state index in [1.54, 1.807) is 12.1 Å². The van der Waals surface area contributed by atoms with Crippen molar-refractivity contribution in [1.82, 2.24) is 0 Å². The van der Waals surface area contributed by atoms with Crippen LogP contribution < -0.4 is 15.2 Å². The summed E-state index contributed by atoms with van der Waals surface area (Å²) >= 11 is 6.04. The number of carbonyl (C=O) groups is 2. The quantitative estimate of drug-likeness (QED) is 0.633. The van der Waals surface area contributed by atoms with Crippen molar-refractivity contribution in [2.75, 3.05) is 20.8 Å². The van der Waals surface area contributed by atoms with E-state index in [0.29, 0.717) is 11.3 Å². The first kappa shape index (κ1) is 15.8. The minimum Gasteiger partial charge on any atom is -0.493 e. The second kappa shape index (κ2) is 7.40. The molecule has 0 aliphatic heterocycles. The van der Waals surface area contributed by atoms with Crippen LogP contribution in [0.5, 0.6) is 11.5 Å². The lowest BCUT2D eigenvalue weighted by Gasteiger charge is -2.12. The van der Waals surface area contributed by atoms with Gasteiger partial charge in [0, 0.05) is 6.08 Å². The van der Waals surface area contributed by atoms with Crippen LogP contribution in [0.25, 0.3) is 6.08 Å². The molecule has 0 bridgehead atoms. The third-order valence-electron chi connectivity index (χ3n) is 2.22. The summed E-state index contributed by atoms with van der Waals surface area (Å²) in [6.07, 6.45) is 2.76. The number of carbonyl (C=O) groups excluding carboxylic acids is 2. The number of primary amides is 1. The van der Waals surface area contributed by atoms with Crippen molar-refractivity contribution in [2.24, 2.45) is 5.73 Å². The van der Waals surface area contributed by atoms with Gasteiger partial charge in [-0.05, 0) is 23.8 Å². The molecule has 20 heavy (non-hydrogen) atoms. The average Bonchev–Trinajstić information content (AvgIpc) is 2.42. The van der Waals surface area contributed by atoms with Crippen LogP contribution in [-0.2, 0) is 14.3 Å². The Balaban J connectivity index is 3.03. The average molecular weight is 300 g/mol. The van der Waals surface area contributed by atoms with Crippen molar-refractivity contribution < 1.29 is 23.8 Å². The summed E-state index contributed by atoms with van der Waals surface area (Å²) in [6, 6.07) is 3.15. The number of halogens is 1. The summed E-state index contributed by atoms with van der Waals surface area (Å²) < 4.78 is 14.8. The molecule has 0 aliphatic rings. The smallest absolute Gasteiger partial charge is 0.330 e. The van der Waals surface area contributed by atoms with Gasteiger partial charge in [0.2, 0.25) is 0 Å². The van der Waals surface area contributed by atoms with Crippen molar-refractivity contribution in [2.45, 2.75) is 0 Å². The monoisotopic (exact) mass is 299 g/mol. The molecule has 1 aromatic carbocycles. The number of hydrogen-bond acceptors (Lipinski definition) is 5. The van der Waals surface area contributed by atoms with E-state index in [0.717, 1.165) is 0 Å².